The summed E-state index contributed by atoms with van der Waals surface area (Å²) in [6.45, 7) is 3.28. The molecule has 0 unspecified atom stereocenters. The fraction of sp³-hybridized carbons (Fsp3) is 0.412. The van der Waals surface area contributed by atoms with Gasteiger partial charge in [0.25, 0.3) is 0 Å². The monoisotopic (exact) mass is 374 g/mol. The predicted octanol–water partition coefficient (Wildman–Crippen LogP) is 3.98. The van der Waals surface area contributed by atoms with Gasteiger partial charge in [-0.3, -0.25) is 4.90 Å². The van der Waals surface area contributed by atoms with Crippen LogP contribution >= 0.6 is 11.3 Å². The van der Waals surface area contributed by atoms with Crippen LogP contribution in [0.4, 0.5) is 17.6 Å². The zero-order valence-electron chi connectivity index (χ0n) is 13.3. The Labute approximate surface area is 147 Å². The summed E-state index contributed by atoms with van der Waals surface area (Å²) in [6, 6.07) is 9.84. The summed E-state index contributed by atoms with van der Waals surface area (Å²) >= 11 is 1.57. The molecule has 25 heavy (non-hydrogen) atoms. The molecule has 1 aromatic carbocycles. The minimum atomic E-state index is -4.51. The summed E-state index contributed by atoms with van der Waals surface area (Å²) in [6.07, 6.45) is -8.39. The molecule has 136 valence electrons. The first-order valence-corrected chi connectivity index (χ1v) is 8.78. The molecule has 0 aliphatic carbocycles. The number of thiophene rings is 1. The van der Waals surface area contributed by atoms with E-state index in [-0.39, 0.29) is 11.8 Å². The SMILES string of the molecule is FC(F)C(F)(F)Oc1cccc([C@@H](c2cccs2)N2CCNCC2)c1. The fourth-order valence-corrected chi connectivity index (χ4v) is 3.78. The van der Waals surface area contributed by atoms with Crippen molar-refractivity contribution in [1.82, 2.24) is 10.2 Å². The van der Waals surface area contributed by atoms with E-state index in [0.29, 0.717) is 0 Å². The average Bonchev–Trinajstić information content (AvgIpc) is 3.10. The van der Waals surface area contributed by atoms with Crippen molar-refractivity contribution in [2.45, 2.75) is 18.6 Å². The highest BCUT2D eigenvalue weighted by Gasteiger charge is 2.44. The minimum Gasteiger partial charge on any atom is -0.428 e. The van der Waals surface area contributed by atoms with Gasteiger partial charge in [0.1, 0.15) is 5.75 Å². The highest BCUT2D eigenvalue weighted by molar-refractivity contribution is 7.10. The number of nitrogens with zero attached hydrogens (tertiary/aromatic N) is 1. The molecule has 3 nitrogen and oxygen atoms in total. The highest BCUT2D eigenvalue weighted by Crippen LogP contribution is 2.35. The molecule has 0 spiro atoms. The number of rotatable bonds is 6. The van der Waals surface area contributed by atoms with Crippen molar-refractivity contribution in [1.29, 1.82) is 0 Å². The second kappa shape index (κ2) is 7.72. The fourth-order valence-electron chi connectivity index (χ4n) is 2.89. The topological polar surface area (TPSA) is 24.5 Å². The van der Waals surface area contributed by atoms with Crippen molar-refractivity contribution in [3.63, 3.8) is 0 Å². The van der Waals surface area contributed by atoms with Crippen LogP contribution in [0, 0.1) is 0 Å². The van der Waals surface area contributed by atoms with E-state index in [1.54, 1.807) is 23.5 Å². The lowest BCUT2D eigenvalue weighted by Crippen LogP contribution is -2.45. The molecule has 0 amide bonds. The third-order valence-corrected chi connectivity index (χ3v) is 4.94. The maximum absolute atomic E-state index is 13.2. The maximum Gasteiger partial charge on any atom is 0.461 e. The molecule has 1 atom stereocenters. The lowest BCUT2D eigenvalue weighted by atomic mass is 10.0. The van der Waals surface area contributed by atoms with Crippen LogP contribution in [0.5, 0.6) is 5.75 Å². The first kappa shape index (κ1) is 18.2. The lowest BCUT2D eigenvalue weighted by Gasteiger charge is -2.35. The molecular formula is C17H18F4N2OS. The van der Waals surface area contributed by atoms with Gasteiger partial charge >= 0.3 is 12.5 Å². The normalized spacial score (nSPS) is 17.6. The van der Waals surface area contributed by atoms with E-state index in [0.717, 1.165) is 36.6 Å². The summed E-state index contributed by atoms with van der Waals surface area (Å²) in [7, 11) is 0. The summed E-state index contributed by atoms with van der Waals surface area (Å²) in [5.74, 6) is -0.264. The maximum atomic E-state index is 13.2. The van der Waals surface area contributed by atoms with Gasteiger partial charge in [-0.25, -0.2) is 0 Å². The van der Waals surface area contributed by atoms with Crippen LogP contribution in [-0.2, 0) is 0 Å². The van der Waals surface area contributed by atoms with E-state index < -0.39 is 12.5 Å². The summed E-state index contributed by atoms with van der Waals surface area (Å²) < 4.78 is 55.4. The van der Waals surface area contributed by atoms with Gasteiger partial charge in [0.05, 0.1) is 6.04 Å². The number of nitrogens with one attached hydrogen (secondary N) is 1. The Bertz CT molecular complexity index is 675. The van der Waals surface area contributed by atoms with Crippen molar-refractivity contribution < 1.29 is 22.3 Å². The molecule has 1 saturated heterocycles. The van der Waals surface area contributed by atoms with Gasteiger partial charge < -0.3 is 10.1 Å². The van der Waals surface area contributed by atoms with E-state index in [9.17, 15) is 17.6 Å². The van der Waals surface area contributed by atoms with Crippen LogP contribution in [0.15, 0.2) is 41.8 Å². The Balaban J connectivity index is 1.90. The second-order valence-corrected chi connectivity index (χ2v) is 6.72. The quantitative estimate of drug-likeness (QED) is 0.774. The van der Waals surface area contributed by atoms with Crippen LogP contribution in [0.3, 0.4) is 0 Å². The number of halogens is 4. The molecular weight excluding hydrogens is 356 g/mol. The van der Waals surface area contributed by atoms with E-state index in [4.69, 9.17) is 0 Å². The molecule has 0 radical (unpaired) electrons. The van der Waals surface area contributed by atoms with E-state index in [1.807, 2.05) is 17.5 Å². The third kappa shape index (κ3) is 4.31. The van der Waals surface area contributed by atoms with Crippen LogP contribution in [0.1, 0.15) is 16.5 Å². The largest absolute Gasteiger partial charge is 0.461 e. The number of hydrogen-bond acceptors (Lipinski definition) is 4. The summed E-state index contributed by atoms with van der Waals surface area (Å²) in [5, 5.41) is 5.23. The third-order valence-electron chi connectivity index (χ3n) is 4.01. The Hall–Kier alpha value is -1.64. The van der Waals surface area contributed by atoms with Gasteiger partial charge in [0, 0.05) is 31.1 Å². The van der Waals surface area contributed by atoms with Crippen molar-refractivity contribution in [2.75, 3.05) is 26.2 Å². The molecule has 1 N–H and O–H groups in total. The van der Waals surface area contributed by atoms with Crippen molar-refractivity contribution in [3.05, 3.63) is 52.2 Å². The van der Waals surface area contributed by atoms with Crippen LogP contribution in [0.2, 0.25) is 0 Å². The van der Waals surface area contributed by atoms with Crippen LogP contribution in [0.25, 0.3) is 0 Å². The van der Waals surface area contributed by atoms with Crippen molar-refractivity contribution in [2.24, 2.45) is 0 Å². The molecule has 0 bridgehead atoms. The number of piperazine rings is 1. The van der Waals surface area contributed by atoms with E-state index in [2.05, 4.69) is 15.0 Å². The second-order valence-electron chi connectivity index (χ2n) is 5.74. The number of alkyl halides is 4. The molecule has 8 heteroatoms. The molecule has 2 heterocycles. The Morgan fingerprint density at radius 1 is 1.12 bits per heavy atom. The van der Waals surface area contributed by atoms with Gasteiger partial charge in [-0.05, 0) is 29.1 Å². The van der Waals surface area contributed by atoms with Crippen molar-refractivity contribution in [3.8, 4) is 5.75 Å². The average molecular weight is 374 g/mol. The summed E-state index contributed by atoms with van der Waals surface area (Å²) in [5.41, 5.74) is 0.743. The van der Waals surface area contributed by atoms with Crippen molar-refractivity contribution >= 4 is 11.3 Å². The smallest absolute Gasteiger partial charge is 0.428 e. The van der Waals surface area contributed by atoms with E-state index >= 15 is 0 Å². The zero-order chi connectivity index (χ0) is 17.9. The number of hydrogen-bond donors (Lipinski definition) is 1. The predicted molar refractivity (Wildman–Crippen MR) is 88.6 cm³/mol. The van der Waals surface area contributed by atoms with Gasteiger partial charge in [-0.1, -0.05) is 18.2 Å². The lowest BCUT2D eigenvalue weighted by molar-refractivity contribution is -0.253. The minimum absolute atomic E-state index is 0.120. The van der Waals surface area contributed by atoms with Gasteiger partial charge in [-0.2, -0.15) is 17.6 Å². The van der Waals surface area contributed by atoms with Crippen LogP contribution in [-0.4, -0.2) is 43.6 Å². The van der Waals surface area contributed by atoms with Gasteiger partial charge in [-0.15, -0.1) is 11.3 Å². The first-order chi connectivity index (χ1) is 12.0. The highest BCUT2D eigenvalue weighted by atomic mass is 32.1. The Morgan fingerprint density at radius 3 is 2.52 bits per heavy atom. The molecule has 1 aliphatic heterocycles. The Kier molecular flexibility index (Phi) is 5.61. The Morgan fingerprint density at radius 2 is 1.88 bits per heavy atom. The first-order valence-electron chi connectivity index (χ1n) is 7.90. The molecule has 0 saturated carbocycles. The number of ether oxygens (including phenoxy) is 1. The van der Waals surface area contributed by atoms with Crippen LogP contribution < -0.4 is 10.1 Å². The molecule has 1 fully saturated rings. The zero-order valence-corrected chi connectivity index (χ0v) is 14.1. The standard InChI is InChI=1S/C17H18F4N2OS/c18-16(19)17(20,21)24-13-4-1-3-12(11-13)15(14-5-2-10-25-14)23-8-6-22-7-9-23/h1-5,10-11,15-16,22H,6-9H2/t15-/m0/s1. The molecule has 3 rings (SSSR count). The molecule has 1 aliphatic rings. The van der Waals surface area contributed by atoms with E-state index in [1.165, 1.54) is 12.1 Å². The molecule has 1 aromatic heterocycles. The molecule has 2 aromatic rings. The summed E-state index contributed by atoms with van der Waals surface area (Å²) in [4.78, 5) is 3.31. The van der Waals surface area contributed by atoms with Gasteiger partial charge in [0.15, 0.2) is 0 Å². The van der Waals surface area contributed by atoms with Gasteiger partial charge in [0.2, 0.25) is 0 Å². The number of benzene rings is 1.